The van der Waals surface area contributed by atoms with E-state index in [0.717, 1.165) is 17.6 Å². The summed E-state index contributed by atoms with van der Waals surface area (Å²) in [5, 5.41) is 0.186. The Hall–Kier alpha value is -2.52. The van der Waals surface area contributed by atoms with Crippen molar-refractivity contribution in [1.29, 1.82) is 0 Å². The quantitative estimate of drug-likeness (QED) is 0.219. The maximum atomic E-state index is 6.22. The molecule has 0 aliphatic rings. The van der Waals surface area contributed by atoms with Gasteiger partial charge in [0.2, 0.25) is 11.7 Å². The third kappa shape index (κ3) is 7.87. The topological polar surface area (TPSA) is 114 Å². The molecule has 0 saturated heterocycles. The van der Waals surface area contributed by atoms with Crippen molar-refractivity contribution in [2.75, 3.05) is 27.4 Å². The Morgan fingerprint density at radius 1 is 1.06 bits per heavy atom. The Balaban J connectivity index is 2.90. The van der Waals surface area contributed by atoms with Crippen LogP contribution in [0.4, 0.5) is 0 Å². The van der Waals surface area contributed by atoms with Gasteiger partial charge in [0.1, 0.15) is 5.82 Å². The Morgan fingerprint density at radius 2 is 1.62 bits per heavy atom. The zero-order valence-electron chi connectivity index (χ0n) is 20.9. The average Bonchev–Trinajstić information content (AvgIpc) is 2.72. The average molecular weight is 465 g/mol. The summed E-state index contributed by atoms with van der Waals surface area (Å²) in [6.45, 7) is 17.5. The third-order valence-corrected chi connectivity index (χ3v) is 10.2. The first-order chi connectivity index (χ1) is 14.9. The zero-order chi connectivity index (χ0) is 24.5. The van der Waals surface area contributed by atoms with Crippen molar-refractivity contribution < 1.29 is 18.6 Å². The molecule has 1 rings (SSSR count). The molecule has 1 aromatic carbocycles. The Bertz CT molecular complexity index is 820. The highest BCUT2D eigenvalue weighted by atomic mass is 28.4. The molecule has 0 heterocycles. The molecule has 0 atom stereocenters. The molecule has 0 amide bonds. The van der Waals surface area contributed by atoms with Gasteiger partial charge in [-0.05, 0) is 61.5 Å². The van der Waals surface area contributed by atoms with E-state index in [1.807, 2.05) is 19.1 Å². The van der Waals surface area contributed by atoms with Gasteiger partial charge in [-0.2, -0.15) is 4.99 Å². The molecule has 0 aromatic heterocycles. The fourth-order valence-corrected chi connectivity index (χ4v) is 3.69. The van der Waals surface area contributed by atoms with Gasteiger partial charge in [-0.15, -0.1) is 0 Å². The van der Waals surface area contributed by atoms with Crippen LogP contribution >= 0.6 is 0 Å². The number of guanidine groups is 1. The lowest BCUT2D eigenvalue weighted by Crippen LogP contribution is -2.41. The number of rotatable bonds is 11. The first kappa shape index (κ1) is 27.5. The van der Waals surface area contributed by atoms with Crippen molar-refractivity contribution in [3.63, 3.8) is 0 Å². The van der Waals surface area contributed by atoms with Gasteiger partial charge < -0.3 is 30.1 Å². The standard InChI is InChI=1S/C23H40N4O4Si/c1-16(21(24)27-22(25)26-5)13-17-14-18(28-6)20(19(15-17)29-7)30-11-10-12-31-32(8,9)23(2,3)4/h14-15H,5,10-13,24H2,1-4,6-9H3,(H2,25,27)/b21-16+. The minimum atomic E-state index is -1.76. The van der Waals surface area contributed by atoms with Gasteiger partial charge in [0.15, 0.2) is 19.8 Å². The van der Waals surface area contributed by atoms with Crippen LogP contribution in [0.1, 0.15) is 39.7 Å². The van der Waals surface area contributed by atoms with Gasteiger partial charge in [0, 0.05) is 13.0 Å². The Morgan fingerprint density at radius 3 is 2.09 bits per heavy atom. The van der Waals surface area contributed by atoms with Gasteiger partial charge >= 0.3 is 0 Å². The van der Waals surface area contributed by atoms with Crippen LogP contribution in [0.25, 0.3) is 0 Å². The van der Waals surface area contributed by atoms with E-state index in [9.17, 15) is 0 Å². The summed E-state index contributed by atoms with van der Waals surface area (Å²) in [6, 6.07) is 3.80. The molecular formula is C23H40N4O4Si. The summed E-state index contributed by atoms with van der Waals surface area (Å²) < 4.78 is 23.4. The number of nitrogens with zero attached hydrogens (tertiary/aromatic N) is 2. The molecule has 0 unspecified atom stereocenters. The number of methoxy groups -OCH3 is 2. The van der Waals surface area contributed by atoms with Crippen molar-refractivity contribution in [3.8, 4) is 17.2 Å². The number of benzene rings is 1. The van der Waals surface area contributed by atoms with Gasteiger partial charge in [-0.1, -0.05) is 20.8 Å². The van der Waals surface area contributed by atoms with E-state index in [1.54, 1.807) is 14.2 Å². The highest BCUT2D eigenvalue weighted by molar-refractivity contribution is 6.74. The van der Waals surface area contributed by atoms with E-state index in [2.05, 4.69) is 50.6 Å². The van der Waals surface area contributed by atoms with E-state index in [-0.39, 0.29) is 11.0 Å². The number of ether oxygens (including phenoxy) is 3. The lowest BCUT2D eigenvalue weighted by atomic mass is 10.0. The maximum absolute atomic E-state index is 6.22. The highest BCUT2D eigenvalue weighted by Crippen LogP contribution is 2.39. The van der Waals surface area contributed by atoms with Crippen molar-refractivity contribution in [2.24, 2.45) is 21.5 Å². The minimum Gasteiger partial charge on any atom is -0.493 e. The molecule has 32 heavy (non-hydrogen) atoms. The molecule has 1 aromatic rings. The monoisotopic (exact) mass is 464 g/mol. The molecule has 0 bridgehead atoms. The normalized spacial score (nSPS) is 13.4. The Labute approximate surface area is 193 Å². The third-order valence-electron chi connectivity index (χ3n) is 5.63. The molecule has 180 valence electrons. The van der Waals surface area contributed by atoms with Crippen LogP contribution < -0.4 is 25.7 Å². The fourth-order valence-electron chi connectivity index (χ4n) is 2.61. The van der Waals surface area contributed by atoms with E-state index in [1.165, 1.54) is 0 Å². The second kappa shape index (κ2) is 11.9. The summed E-state index contributed by atoms with van der Waals surface area (Å²) in [7, 11) is 1.44. The largest absolute Gasteiger partial charge is 0.493 e. The predicted octanol–water partition coefficient (Wildman–Crippen LogP) is 4.24. The number of hydrogen-bond acceptors (Lipinski definition) is 6. The lowest BCUT2D eigenvalue weighted by molar-refractivity contribution is 0.222. The van der Waals surface area contributed by atoms with Gasteiger partial charge in [-0.25, -0.2) is 4.99 Å². The first-order valence-electron chi connectivity index (χ1n) is 10.6. The van der Waals surface area contributed by atoms with Crippen LogP contribution in [0.2, 0.25) is 18.1 Å². The number of hydrogen-bond donors (Lipinski definition) is 2. The van der Waals surface area contributed by atoms with Crippen LogP contribution in [-0.2, 0) is 10.8 Å². The summed E-state index contributed by atoms with van der Waals surface area (Å²) >= 11 is 0. The minimum absolute atomic E-state index is 0.0262. The van der Waals surface area contributed by atoms with Crippen LogP contribution in [0.15, 0.2) is 33.5 Å². The molecule has 0 fully saturated rings. The van der Waals surface area contributed by atoms with E-state index in [4.69, 9.17) is 30.1 Å². The van der Waals surface area contributed by atoms with Crippen LogP contribution in [-0.4, -0.2) is 48.4 Å². The molecule has 4 N–H and O–H groups in total. The molecule has 0 spiro atoms. The highest BCUT2D eigenvalue weighted by Gasteiger charge is 2.36. The summed E-state index contributed by atoms with van der Waals surface area (Å²) in [5.41, 5.74) is 13.3. The van der Waals surface area contributed by atoms with Crippen LogP contribution in [0.5, 0.6) is 17.2 Å². The van der Waals surface area contributed by atoms with Crippen LogP contribution in [0, 0.1) is 0 Å². The van der Waals surface area contributed by atoms with Crippen molar-refractivity contribution in [1.82, 2.24) is 0 Å². The molecule has 0 radical (unpaired) electrons. The molecule has 0 aliphatic carbocycles. The second-order valence-corrected chi connectivity index (χ2v) is 13.9. The zero-order valence-corrected chi connectivity index (χ0v) is 21.9. The maximum Gasteiger partial charge on any atom is 0.221 e. The van der Waals surface area contributed by atoms with Crippen molar-refractivity contribution in [3.05, 3.63) is 29.1 Å². The number of nitrogens with two attached hydrogens (primary N) is 2. The van der Waals surface area contributed by atoms with Crippen molar-refractivity contribution >= 4 is 21.0 Å². The predicted molar refractivity (Wildman–Crippen MR) is 135 cm³/mol. The molecule has 0 saturated carbocycles. The van der Waals surface area contributed by atoms with E-state index < -0.39 is 8.32 Å². The number of aliphatic imine (C=N–C) groups is 2. The molecule has 8 nitrogen and oxygen atoms in total. The van der Waals surface area contributed by atoms with E-state index in [0.29, 0.717) is 42.7 Å². The smallest absolute Gasteiger partial charge is 0.221 e. The fraction of sp³-hybridized carbons (Fsp3) is 0.565. The molecule has 9 heteroatoms. The Kier molecular flexibility index (Phi) is 10.2. The summed E-state index contributed by atoms with van der Waals surface area (Å²) in [6.07, 6.45) is 1.31. The molecular weight excluding hydrogens is 424 g/mol. The van der Waals surface area contributed by atoms with Gasteiger partial charge in [-0.3, -0.25) is 0 Å². The number of allylic oxidation sites excluding steroid dienone is 1. The SMILES string of the molecule is C=NC(N)=N/C(N)=C(\C)Cc1cc(OC)c(OCCCO[Si](C)(C)C(C)(C)C)c(OC)c1. The van der Waals surface area contributed by atoms with Crippen molar-refractivity contribution in [2.45, 2.75) is 58.7 Å². The summed E-state index contributed by atoms with van der Waals surface area (Å²) in [4.78, 5) is 7.56. The molecule has 0 aliphatic heterocycles. The second-order valence-electron chi connectivity index (χ2n) is 9.11. The summed E-state index contributed by atoms with van der Waals surface area (Å²) in [5.74, 6) is 2.07. The first-order valence-corrected chi connectivity index (χ1v) is 13.5. The lowest BCUT2D eigenvalue weighted by Gasteiger charge is -2.36. The van der Waals surface area contributed by atoms with E-state index >= 15 is 0 Å². The van der Waals surface area contributed by atoms with Gasteiger partial charge in [0.25, 0.3) is 0 Å². The van der Waals surface area contributed by atoms with Gasteiger partial charge in [0.05, 0.1) is 20.8 Å². The van der Waals surface area contributed by atoms with Crippen LogP contribution in [0.3, 0.4) is 0 Å².